The van der Waals surface area contributed by atoms with Crippen LogP contribution in [0.4, 0.5) is 9.18 Å². The molecule has 1 heterocycles. The Kier molecular flexibility index (Phi) is 6.98. The zero-order valence-electron chi connectivity index (χ0n) is 16.5. The molecule has 1 aliphatic carbocycles. The third-order valence-electron chi connectivity index (χ3n) is 5.59. The Balaban J connectivity index is 0.000000353. The number of carbonyl (C=O) groups is 1. The summed E-state index contributed by atoms with van der Waals surface area (Å²) in [5.74, 6) is 2.09. The first kappa shape index (κ1) is 21.4. The molecule has 7 heteroatoms. The van der Waals surface area contributed by atoms with Crippen LogP contribution in [0.15, 0.2) is 36.4 Å². The van der Waals surface area contributed by atoms with Crippen molar-refractivity contribution < 1.29 is 19.0 Å². The summed E-state index contributed by atoms with van der Waals surface area (Å²) in [4.78, 5) is 9.38. The van der Waals surface area contributed by atoms with E-state index in [1.165, 1.54) is 17.2 Å². The minimum Gasteiger partial charge on any atom is -0.530 e. The van der Waals surface area contributed by atoms with Crippen LogP contribution >= 0.6 is 11.6 Å². The van der Waals surface area contributed by atoms with Crippen molar-refractivity contribution in [2.45, 2.75) is 32.3 Å². The van der Waals surface area contributed by atoms with Crippen molar-refractivity contribution in [1.82, 2.24) is 10.6 Å². The Labute approximate surface area is 175 Å². The third kappa shape index (κ3) is 4.82. The molecule has 1 amide bonds. The molecule has 0 radical (unpaired) electrons. The quantitative estimate of drug-likeness (QED) is 0.796. The van der Waals surface area contributed by atoms with Gasteiger partial charge in [0.15, 0.2) is 0 Å². The Bertz CT molecular complexity index is 877. The number of rotatable bonds is 4. The van der Waals surface area contributed by atoms with Crippen molar-refractivity contribution in [1.29, 1.82) is 0 Å². The zero-order chi connectivity index (χ0) is 21.0. The topological polar surface area (TPSA) is 73.4 Å². The highest BCUT2D eigenvalue weighted by Gasteiger charge is 2.41. The summed E-state index contributed by atoms with van der Waals surface area (Å²) in [6.45, 7) is 6.64. The van der Waals surface area contributed by atoms with Gasteiger partial charge >= 0.3 is 0 Å². The van der Waals surface area contributed by atoms with Gasteiger partial charge in [-0.3, -0.25) is 0 Å². The van der Waals surface area contributed by atoms with Crippen LogP contribution in [0.25, 0.3) is 0 Å². The first-order valence-corrected chi connectivity index (χ1v) is 10.1. The molecule has 5 nitrogen and oxygen atoms in total. The summed E-state index contributed by atoms with van der Waals surface area (Å²) in [6, 6.07) is 10.8. The number of nitrogens with one attached hydrogen (secondary N) is 2. The molecule has 0 spiro atoms. The van der Waals surface area contributed by atoms with Crippen molar-refractivity contribution in [2.75, 3.05) is 19.6 Å². The Morgan fingerprint density at radius 1 is 1.31 bits per heavy atom. The van der Waals surface area contributed by atoms with E-state index in [4.69, 9.17) is 16.3 Å². The minimum atomic E-state index is -1.21. The summed E-state index contributed by atoms with van der Waals surface area (Å²) in [6.07, 6.45) is -1.21. The van der Waals surface area contributed by atoms with Crippen LogP contribution in [-0.4, -0.2) is 25.7 Å². The Morgan fingerprint density at radius 2 is 2.07 bits per heavy atom. The van der Waals surface area contributed by atoms with Gasteiger partial charge in [-0.25, -0.2) is 4.39 Å². The fourth-order valence-electron chi connectivity index (χ4n) is 4.12. The molecule has 0 aromatic heterocycles. The SMILES string of the molecule is CC1c2cc(Cl)c(OCc3ccccc3F)cc2C2CNCC12.CCNC(=O)[O-]. The third-order valence-corrected chi connectivity index (χ3v) is 5.89. The molecule has 0 saturated carbocycles. The molecular weight excluding hydrogens is 395 g/mol. The summed E-state index contributed by atoms with van der Waals surface area (Å²) >= 11 is 6.40. The van der Waals surface area contributed by atoms with Crippen LogP contribution in [-0.2, 0) is 6.61 Å². The highest BCUT2D eigenvalue weighted by atomic mass is 35.5. The zero-order valence-corrected chi connectivity index (χ0v) is 17.3. The van der Waals surface area contributed by atoms with Gasteiger partial charge < -0.3 is 25.3 Å². The van der Waals surface area contributed by atoms with E-state index in [1.54, 1.807) is 19.1 Å². The molecule has 4 rings (SSSR count). The molecule has 0 bridgehead atoms. The Hall–Kier alpha value is -2.31. The van der Waals surface area contributed by atoms with Crippen molar-refractivity contribution >= 4 is 17.7 Å². The van der Waals surface area contributed by atoms with Gasteiger partial charge in [0.1, 0.15) is 24.3 Å². The maximum Gasteiger partial charge on any atom is 0.138 e. The van der Waals surface area contributed by atoms with Crippen molar-refractivity contribution in [2.24, 2.45) is 5.92 Å². The smallest absolute Gasteiger partial charge is 0.138 e. The van der Waals surface area contributed by atoms with Crippen molar-refractivity contribution in [3.63, 3.8) is 0 Å². The number of hydrogen-bond donors (Lipinski definition) is 2. The first-order chi connectivity index (χ1) is 13.9. The second-order valence-corrected chi connectivity index (χ2v) is 7.73. The maximum absolute atomic E-state index is 13.7. The number of carboxylic acid groups (broad SMARTS) is 1. The number of ether oxygens (including phenoxy) is 1. The molecule has 2 N–H and O–H groups in total. The van der Waals surface area contributed by atoms with E-state index in [-0.39, 0.29) is 12.4 Å². The van der Waals surface area contributed by atoms with Gasteiger partial charge in [-0.15, -0.1) is 0 Å². The average molecular weight is 420 g/mol. The molecule has 156 valence electrons. The molecule has 1 aliphatic heterocycles. The van der Waals surface area contributed by atoms with E-state index in [0.29, 0.717) is 40.6 Å². The number of halogens is 2. The minimum absolute atomic E-state index is 0.188. The predicted molar refractivity (Wildman–Crippen MR) is 109 cm³/mol. The van der Waals surface area contributed by atoms with Crippen LogP contribution in [0.5, 0.6) is 5.75 Å². The summed E-state index contributed by atoms with van der Waals surface area (Å²) in [5, 5.41) is 15.5. The van der Waals surface area contributed by atoms with Crippen molar-refractivity contribution in [3.05, 3.63) is 63.9 Å². The summed E-state index contributed by atoms with van der Waals surface area (Å²) in [5.41, 5.74) is 3.21. The van der Waals surface area contributed by atoms with Crippen LogP contribution in [0.1, 0.15) is 42.4 Å². The normalized spacial score (nSPS) is 21.6. The standard InChI is InChI=1S/C19H19ClFNO.C3H7NO2/c1-11-13-6-17(20)19(7-14(13)16-9-22-8-15(11)16)23-10-12-4-2-3-5-18(12)21;1-2-4-3(5)6/h2-7,11,15-16,22H,8-10H2,1H3;4H,2H2,1H3,(H,5,6)/p-1. The molecule has 2 aromatic rings. The van der Waals surface area contributed by atoms with E-state index in [9.17, 15) is 14.3 Å². The summed E-state index contributed by atoms with van der Waals surface area (Å²) in [7, 11) is 0. The number of amides is 1. The van der Waals surface area contributed by atoms with Gasteiger partial charge in [0.05, 0.1) is 5.02 Å². The van der Waals surface area contributed by atoms with E-state index in [1.807, 2.05) is 17.4 Å². The van der Waals surface area contributed by atoms with Crippen LogP contribution < -0.4 is 20.5 Å². The Morgan fingerprint density at radius 3 is 2.72 bits per heavy atom. The lowest BCUT2D eigenvalue weighted by atomic mass is 9.91. The lowest BCUT2D eigenvalue weighted by Crippen LogP contribution is -2.35. The van der Waals surface area contributed by atoms with Crippen molar-refractivity contribution in [3.8, 4) is 5.75 Å². The van der Waals surface area contributed by atoms with Crippen LogP contribution in [0.3, 0.4) is 0 Å². The van der Waals surface area contributed by atoms with E-state index in [0.717, 1.165) is 13.1 Å². The largest absolute Gasteiger partial charge is 0.530 e. The van der Waals surface area contributed by atoms with Crippen LogP contribution in [0.2, 0.25) is 5.02 Å². The summed E-state index contributed by atoms with van der Waals surface area (Å²) < 4.78 is 19.5. The van der Waals surface area contributed by atoms with E-state index < -0.39 is 6.09 Å². The van der Waals surface area contributed by atoms with Gasteiger partial charge in [-0.05, 0) is 54.6 Å². The fourth-order valence-corrected chi connectivity index (χ4v) is 4.35. The number of benzene rings is 2. The first-order valence-electron chi connectivity index (χ1n) is 9.77. The van der Waals surface area contributed by atoms with Crippen LogP contribution in [0, 0.1) is 11.7 Å². The molecule has 29 heavy (non-hydrogen) atoms. The van der Waals surface area contributed by atoms with Gasteiger partial charge in [-0.2, -0.15) is 0 Å². The van der Waals surface area contributed by atoms with Gasteiger partial charge in [0.25, 0.3) is 0 Å². The molecule has 2 aromatic carbocycles. The van der Waals surface area contributed by atoms with Gasteiger partial charge in [0, 0.05) is 24.6 Å². The van der Waals surface area contributed by atoms with E-state index in [2.05, 4.69) is 18.3 Å². The van der Waals surface area contributed by atoms with Gasteiger partial charge in [0.2, 0.25) is 0 Å². The highest BCUT2D eigenvalue weighted by Crippen LogP contribution is 2.50. The molecule has 1 saturated heterocycles. The lowest BCUT2D eigenvalue weighted by molar-refractivity contribution is -0.250. The molecule has 2 aliphatic rings. The second kappa shape index (κ2) is 9.46. The molecular formula is C22H25ClFN2O3-. The number of carbonyl (C=O) groups excluding carboxylic acids is 1. The predicted octanol–water partition coefficient (Wildman–Crippen LogP) is 3.42. The number of hydrogen-bond acceptors (Lipinski definition) is 4. The van der Waals surface area contributed by atoms with E-state index >= 15 is 0 Å². The fraction of sp³-hybridized carbons (Fsp3) is 0.409. The monoisotopic (exact) mass is 419 g/mol. The second-order valence-electron chi connectivity index (χ2n) is 7.33. The molecule has 3 atom stereocenters. The average Bonchev–Trinajstić information content (AvgIpc) is 3.25. The number of fused-ring (bicyclic) bond motifs is 3. The molecule has 3 unspecified atom stereocenters. The molecule has 1 fully saturated rings. The highest BCUT2D eigenvalue weighted by molar-refractivity contribution is 6.32. The lowest BCUT2D eigenvalue weighted by Gasteiger charge is -2.14. The maximum atomic E-state index is 13.7. The van der Waals surface area contributed by atoms with Gasteiger partial charge in [-0.1, -0.05) is 36.7 Å².